The molecule has 0 bridgehead atoms. The molecule has 0 saturated carbocycles. The minimum absolute atomic E-state index is 0.0885. The van der Waals surface area contributed by atoms with E-state index in [1.807, 2.05) is 30.3 Å². The first-order valence-corrected chi connectivity index (χ1v) is 7.94. The smallest absolute Gasteiger partial charge is 0.119 e. The molecule has 22 heavy (non-hydrogen) atoms. The van der Waals surface area contributed by atoms with Crippen LogP contribution in [0.3, 0.4) is 0 Å². The Balaban J connectivity index is 2.10. The van der Waals surface area contributed by atoms with Gasteiger partial charge in [0.1, 0.15) is 11.9 Å². The molecular weight excluding hydrogens is 274 g/mol. The van der Waals surface area contributed by atoms with Crippen molar-refractivity contribution in [2.24, 2.45) is 5.73 Å². The molecule has 118 valence electrons. The van der Waals surface area contributed by atoms with Crippen LogP contribution in [-0.2, 0) is 4.74 Å². The lowest BCUT2D eigenvalue weighted by molar-refractivity contribution is 0.0864. The molecular formula is C19H25NO2. The average Bonchev–Trinajstić information content (AvgIpc) is 2.58. The number of benzene rings is 2. The van der Waals surface area contributed by atoms with E-state index in [4.69, 9.17) is 15.2 Å². The molecule has 0 fully saturated rings. The Labute approximate surface area is 133 Å². The van der Waals surface area contributed by atoms with Crippen molar-refractivity contribution in [2.75, 3.05) is 19.8 Å². The van der Waals surface area contributed by atoms with Gasteiger partial charge in [-0.15, -0.1) is 0 Å². The maximum absolute atomic E-state index is 5.94. The molecule has 2 N–H and O–H groups in total. The van der Waals surface area contributed by atoms with E-state index in [1.165, 1.54) is 0 Å². The lowest BCUT2D eigenvalue weighted by atomic mass is 10.0. The molecule has 0 radical (unpaired) electrons. The van der Waals surface area contributed by atoms with Crippen molar-refractivity contribution < 1.29 is 9.47 Å². The van der Waals surface area contributed by atoms with Gasteiger partial charge < -0.3 is 15.2 Å². The fourth-order valence-corrected chi connectivity index (χ4v) is 2.27. The Morgan fingerprint density at radius 1 is 0.909 bits per heavy atom. The van der Waals surface area contributed by atoms with Crippen molar-refractivity contribution in [3.8, 4) is 5.75 Å². The Hall–Kier alpha value is -1.84. The molecule has 0 aliphatic rings. The Morgan fingerprint density at radius 2 is 1.59 bits per heavy atom. The fourth-order valence-electron chi connectivity index (χ4n) is 2.27. The van der Waals surface area contributed by atoms with Crippen LogP contribution < -0.4 is 10.5 Å². The van der Waals surface area contributed by atoms with Gasteiger partial charge >= 0.3 is 0 Å². The van der Waals surface area contributed by atoms with Gasteiger partial charge in [0.05, 0.1) is 13.2 Å². The van der Waals surface area contributed by atoms with E-state index >= 15 is 0 Å². The maximum Gasteiger partial charge on any atom is 0.119 e. The lowest BCUT2D eigenvalue weighted by Gasteiger charge is -2.19. The number of unbranched alkanes of at least 4 members (excludes halogenated alkanes) is 1. The molecule has 0 heterocycles. The SMILES string of the molecule is CCCCOc1ccc(C(OCCN)c2ccccc2)cc1. The Kier molecular flexibility index (Phi) is 6.94. The van der Waals surface area contributed by atoms with E-state index < -0.39 is 0 Å². The minimum Gasteiger partial charge on any atom is -0.494 e. The van der Waals surface area contributed by atoms with Crippen molar-refractivity contribution in [3.63, 3.8) is 0 Å². The summed E-state index contributed by atoms with van der Waals surface area (Å²) in [5.41, 5.74) is 7.83. The molecule has 0 amide bonds. The first kappa shape index (κ1) is 16.5. The zero-order valence-electron chi connectivity index (χ0n) is 13.2. The van der Waals surface area contributed by atoms with Crippen molar-refractivity contribution in [3.05, 3.63) is 65.7 Å². The summed E-state index contributed by atoms with van der Waals surface area (Å²) in [7, 11) is 0. The third-order valence-electron chi connectivity index (χ3n) is 3.45. The van der Waals surface area contributed by atoms with E-state index in [2.05, 4.69) is 31.2 Å². The third-order valence-corrected chi connectivity index (χ3v) is 3.45. The summed E-state index contributed by atoms with van der Waals surface area (Å²) in [6.45, 7) is 3.98. The number of hydrogen-bond donors (Lipinski definition) is 1. The lowest BCUT2D eigenvalue weighted by Crippen LogP contribution is -2.13. The van der Waals surface area contributed by atoms with Crippen molar-refractivity contribution in [1.82, 2.24) is 0 Å². The van der Waals surface area contributed by atoms with Crippen LogP contribution in [0.4, 0.5) is 0 Å². The Bertz CT molecular complexity index is 525. The number of hydrogen-bond acceptors (Lipinski definition) is 3. The van der Waals surface area contributed by atoms with Gasteiger partial charge in [-0.05, 0) is 29.7 Å². The van der Waals surface area contributed by atoms with Gasteiger partial charge in [-0.2, -0.15) is 0 Å². The van der Waals surface area contributed by atoms with Gasteiger partial charge in [0, 0.05) is 6.54 Å². The topological polar surface area (TPSA) is 44.5 Å². The summed E-state index contributed by atoms with van der Waals surface area (Å²) in [5, 5.41) is 0. The first-order chi connectivity index (χ1) is 10.8. The quantitative estimate of drug-likeness (QED) is 0.714. The highest BCUT2D eigenvalue weighted by atomic mass is 16.5. The molecule has 2 aromatic rings. The monoisotopic (exact) mass is 299 g/mol. The zero-order chi connectivity index (χ0) is 15.6. The molecule has 2 aromatic carbocycles. The van der Waals surface area contributed by atoms with Gasteiger partial charge in [0.25, 0.3) is 0 Å². The predicted octanol–water partition coefficient (Wildman–Crippen LogP) is 3.93. The predicted molar refractivity (Wildman–Crippen MR) is 90.1 cm³/mol. The van der Waals surface area contributed by atoms with Gasteiger partial charge in [0.2, 0.25) is 0 Å². The molecule has 0 aromatic heterocycles. The second kappa shape index (κ2) is 9.23. The van der Waals surface area contributed by atoms with Crippen LogP contribution in [0.1, 0.15) is 37.0 Å². The molecule has 0 aliphatic heterocycles. The highest BCUT2D eigenvalue weighted by Gasteiger charge is 2.14. The minimum atomic E-state index is -0.0885. The van der Waals surface area contributed by atoms with Gasteiger partial charge in [-0.25, -0.2) is 0 Å². The second-order valence-corrected chi connectivity index (χ2v) is 5.22. The van der Waals surface area contributed by atoms with E-state index in [0.717, 1.165) is 36.3 Å². The summed E-state index contributed by atoms with van der Waals surface area (Å²) in [6, 6.07) is 18.4. The van der Waals surface area contributed by atoms with Crippen molar-refractivity contribution >= 4 is 0 Å². The third kappa shape index (κ3) is 4.86. The van der Waals surface area contributed by atoms with Crippen LogP contribution in [-0.4, -0.2) is 19.8 Å². The van der Waals surface area contributed by atoms with Crippen molar-refractivity contribution in [2.45, 2.75) is 25.9 Å². The summed E-state index contributed by atoms with van der Waals surface area (Å²) in [6.07, 6.45) is 2.13. The standard InChI is InChI=1S/C19H25NO2/c1-2-3-14-21-18-11-9-17(10-12-18)19(22-15-13-20)16-7-5-4-6-8-16/h4-12,19H,2-3,13-15,20H2,1H3. The average molecular weight is 299 g/mol. The molecule has 0 aliphatic carbocycles. The van der Waals surface area contributed by atoms with Crippen LogP contribution in [0.5, 0.6) is 5.75 Å². The molecule has 3 nitrogen and oxygen atoms in total. The first-order valence-electron chi connectivity index (χ1n) is 7.94. The molecule has 0 saturated heterocycles. The molecule has 0 spiro atoms. The van der Waals surface area contributed by atoms with E-state index in [-0.39, 0.29) is 6.10 Å². The largest absolute Gasteiger partial charge is 0.494 e. The van der Waals surface area contributed by atoms with E-state index in [9.17, 15) is 0 Å². The Morgan fingerprint density at radius 3 is 2.23 bits per heavy atom. The fraction of sp³-hybridized carbons (Fsp3) is 0.368. The summed E-state index contributed by atoms with van der Waals surface area (Å²) in [5.74, 6) is 0.905. The van der Waals surface area contributed by atoms with Crippen LogP contribution in [0.2, 0.25) is 0 Å². The number of ether oxygens (including phenoxy) is 2. The van der Waals surface area contributed by atoms with E-state index in [0.29, 0.717) is 13.2 Å². The van der Waals surface area contributed by atoms with Crippen LogP contribution >= 0.6 is 0 Å². The molecule has 2 rings (SSSR count). The second-order valence-electron chi connectivity index (χ2n) is 5.22. The van der Waals surface area contributed by atoms with Gasteiger partial charge in [-0.3, -0.25) is 0 Å². The van der Waals surface area contributed by atoms with Gasteiger partial charge in [-0.1, -0.05) is 55.8 Å². The highest BCUT2D eigenvalue weighted by molar-refractivity contribution is 5.34. The molecule has 1 unspecified atom stereocenters. The number of rotatable bonds is 9. The van der Waals surface area contributed by atoms with E-state index in [1.54, 1.807) is 0 Å². The van der Waals surface area contributed by atoms with Gasteiger partial charge in [0.15, 0.2) is 0 Å². The zero-order valence-corrected chi connectivity index (χ0v) is 13.2. The molecule has 1 atom stereocenters. The summed E-state index contributed by atoms with van der Waals surface area (Å²) in [4.78, 5) is 0. The van der Waals surface area contributed by atoms with Crippen LogP contribution in [0, 0.1) is 0 Å². The van der Waals surface area contributed by atoms with Crippen LogP contribution in [0.15, 0.2) is 54.6 Å². The normalized spacial score (nSPS) is 12.1. The summed E-state index contributed by atoms with van der Waals surface area (Å²) < 4.78 is 11.6. The molecule has 3 heteroatoms. The van der Waals surface area contributed by atoms with Crippen LogP contribution in [0.25, 0.3) is 0 Å². The number of nitrogens with two attached hydrogens (primary N) is 1. The highest BCUT2D eigenvalue weighted by Crippen LogP contribution is 2.27. The van der Waals surface area contributed by atoms with Crippen molar-refractivity contribution in [1.29, 1.82) is 0 Å². The maximum atomic E-state index is 5.94. The summed E-state index contributed by atoms with van der Waals surface area (Å²) >= 11 is 0.